The van der Waals surface area contributed by atoms with Crippen LogP contribution in [0.5, 0.6) is 0 Å². The summed E-state index contributed by atoms with van der Waals surface area (Å²) in [5, 5.41) is 18.3. The number of nitrogens with one attached hydrogen (secondary N) is 2. The molecule has 34 heavy (non-hydrogen) atoms. The van der Waals surface area contributed by atoms with Crippen molar-refractivity contribution < 1.29 is 9.59 Å². The molecule has 4 aromatic heterocycles. The number of amides is 2. The summed E-state index contributed by atoms with van der Waals surface area (Å²) >= 11 is 0. The number of pyridine rings is 2. The predicted molar refractivity (Wildman–Crippen MR) is 126 cm³/mol. The molecule has 4 heterocycles. The maximum Gasteiger partial charge on any atom is 0.258 e. The fourth-order valence-corrected chi connectivity index (χ4v) is 3.57. The van der Waals surface area contributed by atoms with Crippen molar-refractivity contribution >= 4 is 23.3 Å². The number of carbonyl (C=O) groups excluding carboxylic acids is 2. The zero-order valence-electron chi connectivity index (χ0n) is 18.7. The van der Waals surface area contributed by atoms with Gasteiger partial charge in [0.15, 0.2) is 0 Å². The molecule has 0 aliphatic heterocycles. The summed E-state index contributed by atoms with van der Waals surface area (Å²) in [7, 11) is 0. The average molecular weight is 454 g/mol. The van der Waals surface area contributed by atoms with Crippen molar-refractivity contribution in [3.63, 3.8) is 0 Å². The lowest BCUT2D eigenvalue weighted by Gasteiger charge is -2.10. The molecule has 0 atom stereocenters. The molecule has 10 nitrogen and oxygen atoms in total. The van der Waals surface area contributed by atoms with Crippen LogP contribution in [-0.2, 0) is 4.79 Å². The summed E-state index contributed by atoms with van der Waals surface area (Å²) in [6.07, 6.45) is 10.4. The van der Waals surface area contributed by atoms with E-state index in [1.165, 1.54) is 6.92 Å². The van der Waals surface area contributed by atoms with Gasteiger partial charge in [-0.2, -0.15) is 15.3 Å². The van der Waals surface area contributed by atoms with Gasteiger partial charge in [0.05, 0.1) is 41.6 Å². The van der Waals surface area contributed by atoms with Crippen molar-refractivity contribution in [3.05, 3.63) is 66.5 Å². The van der Waals surface area contributed by atoms with Crippen molar-refractivity contribution in [2.24, 2.45) is 0 Å². The van der Waals surface area contributed by atoms with Crippen LogP contribution in [0, 0.1) is 6.92 Å². The number of aryl methyl sites for hydroxylation is 1. The van der Waals surface area contributed by atoms with Crippen LogP contribution < -0.4 is 10.6 Å². The maximum absolute atomic E-state index is 12.7. The Morgan fingerprint density at radius 3 is 2.68 bits per heavy atom. The van der Waals surface area contributed by atoms with Crippen LogP contribution in [0.15, 0.2) is 55.2 Å². The van der Waals surface area contributed by atoms with Gasteiger partial charge in [0.2, 0.25) is 5.91 Å². The van der Waals surface area contributed by atoms with Crippen LogP contribution in [0.4, 0.5) is 11.5 Å². The van der Waals surface area contributed by atoms with E-state index in [0.29, 0.717) is 28.8 Å². The zero-order valence-corrected chi connectivity index (χ0v) is 18.7. The van der Waals surface area contributed by atoms with E-state index in [4.69, 9.17) is 0 Å². The van der Waals surface area contributed by atoms with Crippen molar-refractivity contribution in [3.8, 4) is 22.4 Å². The highest BCUT2D eigenvalue weighted by Crippen LogP contribution is 2.34. The number of rotatable bonds is 6. The first-order chi connectivity index (χ1) is 16.5. The molecule has 0 unspecified atom stereocenters. The van der Waals surface area contributed by atoms with Crippen molar-refractivity contribution in [2.45, 2.75) is 32.7 Å². The molecule has 0 bridgehead atoms. The van der Waals surface area contributed by atoms with Gasteiger partial charge in [-0.1, -0.05) is 0 Å². The molecular formula is C24H22N8O2. The molecule has 0 saturated heterocycles. The molecule has 1 saturated carbocycles. The second-order valence-electron chi connectivity index (χ2n) is 8.19. The molecule has 5 rings (SSSR count). The first-order valence-corrected chi connectivity index (χ1v) is 10.9. The number of hydrogen-bond donors (Lipinski definition) is 2. The number of aromatic nitrogens is 6. The molecule has 2 amide bonds. The van der Waals surface area contributed by atoms with E-state index >= 15 is 0 Å². The standard InChI is InChI=1S/C24H22N8O2/c1-14-21(9-19(12-26-14)30-24(34)18-11-28-32(13-18)20-3-4-20)22-7-17(10-27-31-22)16-5-6-25-23(8-16)29-15(2)33/h5-13,20H,3-4H2,1-2H3,(H,30,34)(H,25,29,33). The van der Waals surface area contributed by atoms with Crippen LogP contribution in [0.3, 0.4) is 0 Å². The Kier molecular flexibility index (Phi) is 5.54. The summed E-state index contributed by atoms with van der Waals surface area (Å²) in [5.41, 5.74) is 4.80. The highest BCUT2D eigenvalue weighted by molar-refractivity contribution is 6.04. The molecular weight excluding hydrogens is 432 g/mol. The monoisotopic (exact) mass is 454 g/mol. The third-order valence-electron chi connectivity index (χ3n) is 5.46. The lowest BCUT2D eigenvalue weighted by Crippen LogP contribution is -2.11. The lowest BCUT2D eigenvalue weighted by molar-refractivity contribution is -0.114. The van der Waals surface area contributed by atoms with Crippen LogP contribution in [0.1, 0.15) is 41.9 Å². The van der Waals surface area contributed by atoms with E-state index in [2.05, 4.69) is 35.9 Å². The van der Waals surface area contributed by atoms with Crippen LogP contribution >= 0.6 is 0 Å². The van der Waals surface area contributed by atoms with Crippen LogP contribution in [0.25, 0.3) is 22.4 Å². The molecule has 170 valence electrons. The van der Waals surface area contributed by atoms with Gasteiger partial charge in [-0.15, -0.1) is 0 Å². The Hall–Kier alpha value is -4.47. The average Bonchev–Trinajstić information content (AvgIpc) is 3.56. The summed E-state index contributed by atoms with van der Waals surface area (Å²) in [5.74, 6) is 0.0141. The second-order valence-corrected chi connectivity index (χ2v) is 8.19. The molecule has 10 heteroatoms. The minimum atomic E-state index is -0.245. The third-order valence-corrected chi connectivity index (χ3v) is 5.46. The summed E-state index contributed by atoms with van der Waals surface area (Å²) < 4.78 is 1.84. The van der Waals surface area contributed by atoms with E-state index in [9.17, 15) is 9.59 Å². The minimum Gasteiger partial charge on any atom is -0.320 e. The lowest BCUT2D eigenvalue weighted by atomic mass is 10.0. The van der Waals surface area contributed by atoms with Gasteiger partial charge in [0.25, 0.3) is 5.91 Å². The van der Waals surface area contributed by atoms with Gasteiger partial charge in [-0.05, 0) is 49.6 Å². The van der Waals surface area contributed by atoms with Crippen molar-refractivity contribution in [1.29, 1.82) is 0 Å². The van der Waals surface area contributed by atoms with Gasteiger partial charge in [-0.25, -0.2) is 4.98 Å². The van der Waals surface area contributed by atoms with Crippen LogP contribution in [0.2, 0.25) is 0 Å². The SMILES string of the molecule is CC(=O)Nc1cc(-c2cnnc(-c3cc(NC(=O)c4cnn(C5CC5)c4)cnc3C)c2)ccn1. The number of carbonyl (C=O) groups is 2. The van der Waals surface area contributed by atoms with Gasteiger partial charge in [-0.3, -0.25) is 19.3 Å². The van der Waals surface area contributed by atoms with E-state index < -0.39 is 0 Å². The van der Waals surface area contributed by atoms with Gasteiger partial charge < -0.3 is 10.6 Å². The molecule has 0 aromatic carbocycles. The van der Waals surface area contributed by atoms with Crippen molar-refractivity contribution in [2.75, 3.05) is 10.6 Å². The summed E-state index contributed by atoms with van der Waals surface area (Å²) in [6, 6.07) is 7.72. The van der Waals surface area contributed by atoms with E-state index in [1.807, 2.05) is 29.8 Å². The predicted octanol–water partition coefficient (Wildman–Crippen LogP) is 3.65. The van der Waals surface area contributed by atoms with Gasteiger partial charge >= 0.3 is 0 Å². The molecule has 0 spiro atoms. The highest BCUT2D eigenvalue weighted by Gasteiger charge is 2.25. The van der Waals surface area contributed by atoms with E-state index in [-0.39, 0.29) is 11.8 Å². The number of hydrogen-bond acceptors (Lipinski definition) is 7. The van der Waals surface area contributed by atoms with E-state index in [1.54, 1.807) is 37.1 Å². The molecule has 2 N–H and O–H groups in total. The number of anilines is 2. The maximum atomic E-state index is 12.7. The molecule has 1 fully saturated rings. The first-order valence-electron chi connectivity index (χ1n) is 10.9. The normalized spacial score (nSPS) is 12.9. The second kappa shape index (κ2) is 8.81. The fraction of sp³-hybridized carbons (Fsp3) is 0.208. The largest absolute Gasteiger partial charge is 0.320 e. The third kappa shape index (κ3) is 4.65. The first kappa shape index (κ1) is 21.4. The zero-order chi connectivity index (χ0) is 23.7. The quantitative estimate of drug-likeness (QED) is 0.455. The Balaban J connectivity index is 1.40. The molecule has 0 radical (unpaired) electrons. The number of nitrogens with zero attached hydrogens (tertiary/aromatic N) is 6. The molecule has 1 aliphatic carbocycles. The van der Waals surface area contributed by atoms with Gasteiger partial charge in [0, 0.05) is 36.1 Å². The fourth-order valence-electron chi connectivity index (χ4n) is 3.57. The van der Waals surface area contributed by atoms with Gasteiger partial charge in [0.1, 0.15) is 5.82 Å². The topological polar surface area (TPSA) is 128 Å². The smallest absolute Gasteiger partial charge is 0.258 e. The Morgan fingerprint density at radius 2 is 1.88 bits per heavy atom. The van der Waals surface area contributed by atoms with E-state index in [0.717, 1.165) is 35.2 Å². The Labute approximate surface area is 195 Å². The summed E-state index contributed by atoms with van der Waals surface area (Å²) in [4.78, 5) is 32.6. The summed E-state index contributed by atoms with van der Waals surface area (Å²) in [6.45, 7) is 3.30. The molecule has 4 aromatic rings. The Morgan fingerprint density at radius 1 is 1.03 bits per heavy atom. The van der Waals surface area contributed by atoms with Crippen LogP contribution in [-0.4, -0.2) is 41.8 Å². The van der Waals surface area contributed by atoms with Crippen molar-refractivity contribution in [1.82, 2.24) is 29.9 Å². The Bertz CT molecular complexity index is 1390. The molecule has 1 aliphatic rings. The minimum absolute atomic E-state index is 0.196. The highest BCUT2D eigenvalue weighted by atomic mass is 16.2.